The second-order valence-electron chi connectivity index (χ2n) is 6.19. The maximum Gasteiger partial charge on any atom is 0.265 e. The van der Waals surface area contributed by atoms with Gasteiger partial charge < -0.3 is 20.7 Å². The number of anilines is 2. The molecule has 3 amide bonds. The van der Waals surface area contributed by atoms with Gasteiger partial charge in [-0.3, -0.25) is 19.3 Å². The van der Waals surface area contributed by atoms with Gasteiger partial charge in [-0.05, 0) is 31.3 Å². The molecule has 1 aromatic carbocycles. The number of alkyl halides is 2. The highest BCUT2D eigenvalue weighted by Gasteiger charge is 2.31. The fourth-order valence-electron chi connectivity index (χ4n) is 3.07. The third kappa shape index (κ3) is 4.82. The zero-order chi connectivity index (χ0) is 20.8. The Hall–Kier alpha value is -2.59. The Balaban J connectivity index is 2.30. The van der Waals surface area contributed by atoms with E-state index in [0.717, 1.165) is 6.07 Å². The monoisotopic (exact) mass is 398 g/mol. The number of hydrogen-bond donors (Lipinski definition) is 2. The summed E-state index contributed by atoms with van der Waals surface area (Å²) in [7, 11) is 0. The molecule has 0 aromatic heterocycles. The van der Waals surface area contributed by atoms with Gasteiger partial charge in [0.05, 0.1) is 6.61 Å². The minimum absolute atomic E-state index is 0.118. The van der Waals surface area contributed by atoms with E-state index in [4.69, 9.17) is 10.5 Å². The summed E-state index contributed by atoms with van der Waals surface area (Å²) in [6.07, 6.45) is -2.90. The third-order valence-corrected chi connectivity index (χ3v) is 4.52. The number of benzene rings is 1. The molecule has 8 nitrogen and oxygen atoms in total. The highest BCUT2D eigenvalue weighted by atomic mass is 19.3. The van der Waals surface area contributed by atoms with Gasteiger partial charge in [0.25, 0.3) is 18.2 Å². The van der Waals surface area contributed by atoms with Gasteiger partial charge >= 0.3 is 0 Å². The standard InChI is InChI=1S/C18H24F2N4O4/c1-3-23(4-2)15(17(21)26)18(27)22-13-6-5-11(9-12(13)16(19)20)24-7-8-28-10-14(24)25/h5-6,9,15-16H,3-4,7-8,10H2,1-2H3,(H2,21,26)(H,22,27)/t15-/m0/s1. The number of morpholine rings is 1. The van der Waals surface area contributed by atoms with Crippen molar-refractivity contribution in [2.45, 2.75) is 26.3 Å². The van der Waals surface area contributed by atoms with Gasteiger partial charge in [0, 0.05) is 23.5 Å². The van der Waals surface area contributed by atoms with Crippen LogP contribution in [0.3, 0.4) is 0 Å². The molecule has 1 heterocycles. The van der Waals surface area contributed by atoms with Crippen molar-refractivity contribution < 1.29 is 27.9 Å². The molecule has 10 heteroatoms. The van der Waals surface area contributed by atoms with Gasteiger partial charge in [-0.2, -0.15) is 0 Å². The van der Waals surface area contributed by atoms with E-state index in [1.807, 2.05) is 0 Å². The van der Waals surface area contributed by atoms with Gasteiger partial charge in [-0.25, -0.2) is 8.78 Å². The number of hydrogen-bond acceptors (Lipinski definition) is 5. The second-order valence-corrected chi connectivity index (χ2v) is 6.19. The SMILES string of the molecule is CCN(CC)[C@@H](C(N)=O)C(=O)Nc1ccc(N2CCOCC2=O)cc1C(F)F. The summed E-state index contributed by atoms with van der Waals surface area (Å²) in [5, 5.41) is 2.37. The minimum atomic E-state index is -2.90. The molecule has 0 bridgehead atoms. The van der Waals surface area contributed by atoms with Crippen molar-refractivity contribution >= 4 is 29.1 Å². The molecule has 28 heavy (non-hydrogen) atoms. The highest BCUT2D eigenvalue weighted by Crippen LogP contribution is 2.32. The van der Waals surface area contributed by atoms with Crippen molar-refractivity contribution in [1.29, 1.82) is 0 Å². The number of likely N-dealkylation sites (N-methyl/N-ethyl adjacent to an activating group) is 1. The van der Waals surface area contributed by atoms with E-state index >= 15 is 0 Å². The number of nitrogens with zero attached hydrogens (tertiary/aromatic N) is 2. The Morgan fingerprint density at radius 2 is 2.00 bits per heavy atom. The lowest BCUT2D eigenvalue weighted by atomic mass is 10.1. The smallest absolute Gasteiger partial charge is 0.265 e. The number of carbonyl (C=O) groups excluding carboxylic acids is 3. The molecule has 154 valence electrons. The zero-order valence-corrected chi connectivity index (χ0v) is 15.8. The lowest BCUT2D eigenvalue weighted by Gasteiger charge is -2.28. The lowest BCUT2D eigenvalue weighted by molar-refractivity contribution is -0.132. The normalized spacial score (nSPS) is 15.8. The Bertz CT molecular complexity index is 740. The molecule has 1 fully saturated rings. The summed E-state index contributed by atoms with van der Waals surface area (Å²) >= 11 is 0. The number of primary amides is 1. The van der Waals surface area contributed by atoms with E-state index in [9.17, 15) is 23.2 Å². The van der Waals surface area contributed by atoms with Crippen molar-refractivity contribution in [2.24, 2.45) is 5.73 Å². The molecular formula is C18H24F2N4O4. The molecule has 1 saturated heterocycles. The Morgan fingerprint density at radius 3 is 2.54 bits per heavy atom. The molecule has 0 radical (unpaired) electrons. The first-order valence-corrected chi connectivity index (χ1v) is 8.94. The van der Waals surface area contributed by atoms with E-state index in [2.05, 4.69) is 5.32 Å². The van der Waals surface area contributed by atoms with Crippen LogP contribution in [0.25, 0.3) is 0 Å². The van der Waals surface area contributed by atoms with Gasteiger partial charge in [0.15, 0.2) is 6.04 Å². The number of halogens is 2. The van der Waals surface area contributed by atoms with Crippen LogP contribution in [0, 0.1) is 0 Å². The fraction of sp³-hybridized carbons (Fsp3) is 0.500. The molecule has 0 aliphatic carbocycles. The largest absolute Gasteiger partial charge is 0.370 e. The molecule has 1 aliphatic rings. The van der Waals surface area contributed by atoms with Crippen LogP contribution >= 0.6 is 0 Å². The summed E-state index contributed by atoms with van der Waals surface area (Å²) in [5.41, 5.74) is 5.03. The van der Waals surface area contributed by atoms with E-state index in [0.29, 0.717) is 19.7 Å². The number of nitrogens with two attached hydrogens (primary N) is 1. The van der Waals surface area contributed by atoms with E-state index < -0.39 is 29.8 Å². The van der Waals surface area contributed by atoms with Crippen LogP contribution in [-0.4, -0.2) is 61.5 Å². The van der Waals surface area contributed by atoms with Gasteiger partial charge in [-0.15, -0.1) is 0 Å². The number of amides is 3. The Morgan fingerprint density at radius 1 is 1.32 bits per heavy atom. The van der Waals surface area contributed by atoms with Crippen LogP contribution in [-0.2, 0) is 19.1 Å². The van der Waals surface area contributed by atoms with E-state index in [1.165, 1.54) is 21.9 Å². The van der Waals surface area contributed by atoms with Crippen molar-refractivity contribution in [3.8, 4) is 0 Å². The zero-order valence-electron chi connectivity index (χ0n) is 15.8. The van der Waals surface area contributed by atoms with Crippen molar-refractivity contribution in [2.75, 3.05) is 43.1 Å². The van der Waals surface area contributed by atoms with Crippen molar-refractivity contribution in [3.63, 3.8) is 0 Å². The first-order chi connectivity index (χ1) is 13.3. The molecule has 0 spiro atoms. The van der Waals surface area contributed by atoms with Gasteiger partial charge in [0.1, 0.15) is 6.61 Å². The highest BCUT2D eigenvalue weighted by molar-refractivity contribution is 6.10. The summed E-state index contributed by atoms with van der Waals surface area (Å²) in [4.78, 5) is 39.1. The number of nitrogens with one attached hydrogen (secondary N) is 1. The maximum atomic E-state index is 13.6. The molecule has 1 aliphatic heterocycles. The molecule has 1 aromatic rings. The first kappa shape index (κ1) is 21.7. The van der Waals surface area contributed by atoms with Crippen LogP contribution in [0.5, 0.6) is 0 Å². The van der Waals surface area contributed by atoms with E-state index in [1.54, 1.807) is 13.8 Å². The number of carbonyl (C=O) groups is 3. The summed E-state index contributed by atoms with van der Waals surface area (Å²) in [6, 6.07) is 2.63. The van der Waals surface area contributed by atoms with Crippen LogP contribution in [0.15, 0.2) is 18.2 Å². The predicted molar refractivity (Wildman–Crippen MR) is 99.1 cm³/mol. The average Bonchev–Trinajstić information content (AvgIpc) is 2.66. The topological polar surface area (TPSA) is 105 Å². The van der Waals surface area contributed by atoms with Crippen LogP contribution < -0.4 is 16.0 Å². The number of ether oxygens (including phenoxy) is 1. The second kappa shape index (κ2) is 9.56. The Labute approximate surface area is 161 Å². The quantitative estimate of drug-likeness (QED) is 0.639. The van der Waals surface area contributed by atoms with E-state index in [-0.39, 0.29) is 30.4 Å². The summed E-state index contributed by atoms with van der Waals surface area (Å²) < 4.78 is 32.2. The molecule has 3 N–H and O–H groups in total. The minimum Gasteiger partial charge on any atom is -0.370 e. The van der Waals surface area contributed by atoms with Gasteiger partial charge in [-0.1, -0.05) is 13.8 Å². The maximum absolute atomic E-state index is 13.6. The summed E-state index contributed by atoms with van der Waals surface area (Å²) in [5.74, 6) is -1.98. The average molecular weight is 398 g/mol. The molecular weight excluding hydrogens is 374 g/mol. The first-order valence-electron chi connectivity index (χ1n) is 8.94. The van der Waals surface area contributed by atoms with Crippen LogP contribution in [0.1, 0.15) is 25.8 Å². The lowest BCUT2D eigenvalue weighted by Crippen LogP contribution is -2.52. The Kier molecular flexibility index (Phi) is 7.41. The summed E-state index contributed by atoms with van der Waals surface area (Å²) in [6.45, 7) is 4.72. The fourth-order valence-corrected chi connectivity index (χ4v) is 3.07. The van der Waals surface area contributed by atoms with Crippen molar-refractivity contribution in [3.05, 3.63) is 23.8 Å². The molecule has 0 unspecified atom stereocenters. The molecule has 1 atom stereocenters. The van der Waals surface area contributed by atoms with Gasteiger partial charge in [0.2, 0.25) is 5.91 Å². The number of rotatable bonds is 8. The molecule has 0 saturated carbocycles. The molecule has 2 rings (SSSR count). The predicted octanol–water partition coefficient (Wildman–Crippen LogP) is 1.12. The van der Waals surface area contributed by atoms with Crippen LogP contribution in [0.2, 0.25) is 0 Å². The van der Waals surface area contributed by atoms with Crippen molar-refractivity contribution in [1.82, 2.24) is 4.90 Å². The van der Waals surface area contributed by atoms with Crippen LogP contribution in [0.4, 0.5) is 20.2 Å². The third-order valence-electron chi connectivity index (χ3n) is 4.52.